The van der Waals surface area contributed by atoms with Crippen LogP contribution in [0.3, 0.4) is 0 Å². The van der Waals surface area contributed by atoms with Crippen LogP contribution in [0.5, 0.6) is 0 Å². The Morgan fingerprint density at radius 1 is 1.18 bits per heavy atom. The van der Waals surface area contributed by atoms with E-state index >= 15 is 0 Å². The first-order valence-electron chi connectivity index (χ1n) is 11.4. The minimum absolute atomic E-state index is 0.0343. The molecular formula is C23H29N7O3. The van der Waals surface area contributed by atoms with Crippen LogP contribution in [0.1, 0.15) is 31.0 Å². The Balaban J connectivity index is 1.45. The van der Waals surface area contributed by atoms with E-state index in [4.69, 9.17) is 20.4 Å². The third kappa shape index (κ3) is 4.62. The third-order valence-electron chi connectivity index (χ3n) is 6.25. The first-order valence-corrected chi connectivity index (χ1v) is 11.4. The Kier molecular flexibility index (Phi) is 5.86. The number of nitrogens with zero attached hydrogens (tertiary/aromatic N) is 4. The van der Waals surface area contributed by atoms with Crippen LogP contribution >= 0.6 is 0 Å². The molecule has 10 nitrogen and oxygen atoms in total. The molecule has 3 aliphatic rings. The van der Waals surface area contributed by atoms with Crippen LogP contribution in [-0.2, 0) is 22.6 Å². The van der Waals surface area contributed by atoms with E-state index < -0.39 is 0 Å². The molecular weight excluding hydrogens is 422 g/mol. The van der Waals surface area contributed by atoms with Crippen molar-refractivity contribution >= 4 is 23.6 Å². The number of nitrogens with two attached hydrogens (primary N) is 1. The van der Waals surface area contributed by atoms with E-state index in [-0.39, 0.29) is 24.5 Å². The zero-order chi connectivity index (χ0) is 22.9. The number of morpholine rings is 1. The summed E-state index contributed by atoms with van der Waals surface area (Å²) in [5.41, 5.74) is 9.81. The molecule has 1 aromatic carbocycles. The predicted octanol–water partition coefficient (Wildman–Crippen LogP) is 1.45. The highest BCUT2D eigenvalue weighted by Crippen LogP contribution is 2.33. The predicted molar refractivity (Wildman–Crippen MR) is 124 cm³/mol. The van der Waals surface area contributed by atoms with Gasteiger partial charge in [-0.2, -0.15) is 0 Å². The van der Waals surface area contributed by atoms with Crippen molar-refractivity contribution < 1.29 is 14.3 Å². The number of carbonyl (C=O) groups excluding carboxylic acids is 2. The second-order valence-electron chi connectivity index (χ2n) is 8.82. The molecule has 4 N–H and O–H groups in total. The molecule has 0 radical (unpaired) electrons. The summed E-state index contributed by atoms with van der Waals surface area (Å²) >= 11 is 0. The summed E-state index contributed by atoms with van der Waals surface area (Å²) in [7, 11) is 0. The average molecular weight is 452 g/mol. The van der Waals surface area contributed by atoms with E-state index in [2.05, 4.69) is 22.5 Å². The number of aromatic nitrogens is 2. The summed E-state index contributed by atoms with van der Waals surface area (Å²) < 4.78 is 5.57. The molecule has 5 rings (SSSR count). The zero-order valence-corrected chi connectivity index (χ0v) is 18.7. The number of fused-ring (bicyclic) bond motifs is 1. The van der Waals surface area contributed by atoms with Crippen molar-refractivity contribution in [2.45, 2.75) is 44.9 Å². The highest BCUT2D eigenvalue weighted by Gasteiger charge is 2.31. The highest BCUT2D eigenvalue weighted by atomic mass is 16.5. The highest BCUT2D eigenvalue weighted by molar-refractivity contribution is 5.90. The van der Waals surface area contributed by atoms with Crippen molar-refractivity contribution in [1.82, 2.24) is 20.2 Å². The minimum Gasteiger partial charge on any atom is -0.377 e. The van der Waals surface area contributed by atoms with E-state index in [1.807, 2.05) is 24.3 Å². The fourth-order valence-corrected chi connectivity index (χ4v) is 4.23. The van der Waals surface area contributed by atoms with Crippen LogP contribution in [0.25, 0.3) is 11.3 Å². The molecule has 2 aromatic rings. The summed E-state index contributed by atoms with van der Waals surface area (Å²) in [4.78, 5) is 38.0. The largest absolute Gasteiger partial charge is 0.377 e. The number of benzene rings is 1. The van der Waals surface area contributed by atoms with Gasteiger partial charge >= 0.3 is 6.03 Å². The quantitative estimate of drug-likeness (QED) is 0.628. The van der Waals surface area contributed by atoms with Crippen molar-refractivity contribution in [2.75, 3.05) is 36.5 Å². The molecule has 1 aliphatic carbocycles. The lowest BCUT2D eigenvalue weighted by atomic mass is 10.1. The van der Waals surface area contributed by atoms with Crippen LogP contribution in [0.2, 0.25) is 0 Å². The molecule has 1 unspecified atom stereocenters. The Bertz CT molecular complexity index is 1050. The standard InChI is InChI=1S/C23H29N7O3/c1-14-13-33-9-8-30(14)22-27-19-12-29(20(31)10-24)11-18(19)21(28-22)15-2-4-16(5-3-15)25-23(32)26-17-6-7-17/h2-5,14,17H,6-13,24H2,1H3,(H2,25,26,32). The summed E-state index contributed by atoms with van der Waals surface area (Å²) in [5.74, 6) is 0.536. The maximum absolute atomic E-state index is 12.3. The molecule has 3 heterocycles. The molecule has 0 spiro atoms. The SMILES string of the molecule is CC1COCCN1c1nc2c(c(-c3ccc(NC(=O)NC4CC4)cc3)n1)CN(C(=O)CN)C2. The Labute approximate surface area is 192 Å². The van der Waals surface area contributed by atoms with Crippen molar-refractivity contribution in [2.24, 2.45) is 5.73 Å². The number of hydrogen-bond acceptors (Lipinski definition) is 7. The number of nitrogens with one attached hydrogen (secondary N) is 2. The first kappa shape index (κ1) is 21.6. The van der Waals surface area contributed by atoms with Crippen molar-refractivity contribution in [3.05, 3.63) is 35.5 Å². The second kappa shape index (κ2) is 8.95. The number of urea groups is 1. The molecule has 1 aromatic heterocycles. The number of amides is 3. The maximum atomic E-state index is 12.3. The summed E-state index contributed by atoms with van der Waals surface area (Å²) in [5, 5.41) is 5.79. The van der Waals surface area contributed by atoms with Crippen molar-refractivity contribution in [3.63, 3.8) is 0 Å². The van der Waals surface area contributed by atoms with Crippen LogP contribution in [0.4, 0.5) is 16.4 Å². The Morgan fingerprint density at radius 2 is 1.97 bits per heavy atom. The van der Waals surface area contributed by atoms with Crippen molar-refractivity contribution in [3.8, 4) is 11.3 Å². The van der Waals surface area contributed by atoms with Gasteiger partial charge in [-0.1, -0.05) is 12.1 Å². The lowest BCUT2D eigenvalue weighted by molar-refractivity contribution is -0.130. The van der Waals surface area contributed by atoms with E-state index in [1.54, 1.807) is 4.90 Å². The molecule has 174 valence electrons. The van der Waals surface area contributed by atoms with Gasteiger partial charge in [0, 0.05) is 29.4 Å². The van der Waals surface area contributed by atoms with Gasteiger partial charge in [-0.15, -0.1) is 0 Å². The molecule has 2 fully saturated rings. The molecule has 10 heteroatoms. The number of anilines is 2. The van der Waals surface area contributed by atoms with Gasteiger partial charge in [0.15, 0.2) is 0 Å². The number of ether oxygens (including phenoxy) is 1. The van der Waals surface area contributed by atoms with Gasteiger partial charge < -0.3 is 30.9 Å². The summed E-state index contributed by atoms with van der Waals surface area (Å²) in [6.45, 7) is 4.87. The second-order valence-corrected chi connectivity index (χ2v) is 8.82. The van der Waals surface area contributed by atoms with Crippen molar-refractivity contribution in [1.29, 1.82) is 0 Å². The summed E-state index contributed by atoms with van der Waals surface area (Å²) in [6.07, 6.45) is 2.08. The molecule has 33 heavy (non-hydrogen) atoms. The number of hydrogen-bond donors (Lipinski definition) is 3. The van der Waals surface area contributed by atoms with E-state index in [0.29, 0.717) is 50.5 Å². The van der Waals surface area contributed by atoms with Crippen LogP contribution in [0, 0.1) is 0 Å². The third-order valence-corrected chi connectivity index (χ3v) is 6.25. The van der Waals surface area contributed by atoms with Crippen LogP contribution < -0.4 is 21.3 Å². The molecule has 1 saturated heterocycles. The molecule has 2 aliphatic heterocycles. The minimum atomic E-state index is -0.187. The van der Waals surface area contributed by atoms with Crippen LogP contribution in [-0.4, -0.2) is 65.2 Å². The van der Waals surface area contributed by atoms with E-state index in [1.165, 1.54) is 0 Å². The number of carbonyl (C=O) groups is 2. The maximum Gasteiger partial charge on any atom is 0.319 e. The van der Waals surface area contributed by atoms with Crippen LogP contribution in [0.15, 0.2) is 24.3 Å². The fourth-order valence-electron chi connectivity index (χ4n) is 4.23. The van der Waals surface area contributed by atoms with Gasteiger partial charge in [-0.05, 0) is 31.9 Å². The molecule has 1 saturated carbocycles. The van der Waals surface area contributed by atoms with Gasteiger partial charge in [0.25, 0.3) is 0 Å². The van der Waals surface area contributed by atoms with Gasteiger partial charge in [0.1, 0.15) is 0 Å². The normalized spacial score (nSPS) is 19.9. The molecule has 3 amide bonds. The smallest absolute Gasteiger partial charge is 0.319 e. The lowest BCUT2D eigenvalue weighted by Crippen LogP contribution is -2.44. The fraction of sp³-hybridized carbons (Fsp3) is 0.478. The molecule has 1 atom stereocenters. The Morgan fingerprint density at radius 3 is 2.67 bits per heavy atom. The summed E-state index contributed by atoms with van der Waals surface area (Å²) in [6, 6.07) is 7.88. The van der Waals surface area contributed by atoms with Gasteiger partial charge in [-0.25, -0.2) is 14.8 Å². The monoisotopic (exact) mass is 451 g/mol. The Hall–Kier alpha value is -3.24. The topological polar surface area (TPSA) is 126 Å². The molecule has 0 bridgehead atoms. The van der Waals surface area contributed by atoms with E-state index in [9.17, 15) is 9.59 Å². The average Bonchev–Trinajstić information content (AvgIpc) is 3.52. The first-order chi connectivity index (χ1) is 16.0. The number of rotatable bonds is 5. The van der Waals surface area contributed by atoms with E-state index in [0.717, 1.165) is 35.4 Å². The lowest BCUT2D eigenvalue weighted by Gasteiger charge is -2.33. The van der Waals surface area contributed by atoms with Gasteiger partial charge in [0.05, 0.1) is 50.3 Å². The van der Waals surface area contributed by atoms with Gasteiger partial charge in [0.2, 0.25) is 11.9 Å². The van der Waals surface area contributed by atoms with Gasteiger partial charge in [-0.3, -0.25) is 4.79 Å². The zero-order valence-electron chi connectivity index (χ0n) is 18.7.